The predicted molar refractivity (Wildman–Crippen MR) is 71.3 cm³/mol. The van der Waals surface area contributed by atoms with E-state index in [0.29, 0.717) is 5.82 Å². The van der Waals surface area contributed by atoms with E-state index in [0.717, 1.165) is 18.1 Å². The van der Waals surface area contributed by atoms with Gasteiger partial charge < -0.3 is 11.1 Å². The Kier molecular flexibility index (Phi) is 5.28. The van der Waals surface area contributed by atoms with Crippen molar-refractivity contribution < 1.29 is 4.92 Å². The number of rotatable bonds is 7. The summed E-state index contributed by atoms with van der Waals surface area (Å²) in [5, 5.41) is 13.6. The summed E-state index contributed by atoms with van der Waals surface area (Å²) in [4.78, 5) is 13.9. The van der Waals surface area contributed by atoms with E-state index in [9.17, 15) is 10.1 Å². The van der Waals surface area contributed by atoms with Gasteiger partial charge in [-0.2, -0.15) is 11.8 Å². The third-order valence-corrected chi connectivity index (χ3v) is 2.85. The van der Waals surface area contributed by atoms with Crippen molar-refractivity contribution in [2.75, 3.05) is 29.1 Å². The Balaban J connectivity index is 2.47. The van der Waals surface area contributed by atoms with Gasteiger partial charge in [-0.15, -0.1) is 6.58 Å². The first-order valence-electron chi connectivity index (χ1n) is 4.98. The molecule has 6 nitrogen and oxygen atoms in total. The molecule has 0 fully saturated rings. The Labute approximate surface area is 103 Å². The van der Waals surface area contributed by atoms with Gasteiger partial charge in [-0.25, -0.2) is 4.98 Å². The van der Waals surface area contributed by atoms with Crippen LogP contribution < -0.4 is 11.1 Å². The second-order valence-corrected chi connectivity index (χ2v) is 4.30. The minimum Gasteiger partial charge on any atom is -0.378 e. The van der Waals surface area contributed by atoms with Crippen LogP contribution in [-0.2, 0) is 0 Å². The van der Waals surface area contributed by atoms with Gasteiger partial charge >= 0.3 is 5.69 Å². The molecule has 0 aliphatic rings. The second-order valence-electron chi connectivity index (χ2n) is 3.15. The van der Waals surface area contributed by atoms with Gasteiger partial charge in [0.15, 0.2) is 0 Å². The molecule has 0 saturated carbocycles. The van der Waals surface area contributed by atoms with Crippen molar-refractivity contribution in [3.05, 3.63) is 34.9 Å². The molecule has 1 aromatic heterocycles. The molecule has 1 heterocycles. The molecule has 92 valence electrons. The maximum absolute atomic E-state index is 10.5. The summed E-state index contributed by atoms with van der Waals surface area (Å²) >= 11 is 1.74. The van der Waals surface area contributed by atoms with Crippen LogP contribution in [-0.4, -0.2) is 28.0 Å². The Hall–Kier alpha value is -1.76. The molecule has 0 bridgehead atoms. The van der Waals surface area contributed by atoms with E-state index >= 15 is 0 Å². The van der Waals surface area contributed by atoms with Crippen LogP contribution in [0.2, 0.25) is 0 Å². The van der Waals surface area contributed by atoms with E-state index in [1.54, 1.807) is 17.8 Å². The number of hydrogen-bond acceptors (Lipinski definition) is 6. The fourth-order valence-corrected chi connectivity index (χ4v) is 1.72. The van der Waals surface area contributed by atoms with Crippen molar-refractivity contribution >= 4 is 29.1 Å². The molecule has 0 aliphatic carbocycles. The van der Waals surface area contributed by atoms with E-state index in [1.165, 1.54) is 6.07 Å². The molecule has 1 aromatic rings. The fourth-order valence-electron chi connectivity index (χ4n) is 1.14. The Morgan fingerprint density at radius 3 is 3.00 bits per heavy atom. The minimum absolute atomic E-state index is 0.0706. The molecule has 17 heavy (non-hydrogen) atoms. The van der Waals surface area contributed by atoms with Gasteiger partial charge in [-0.1, -0.05) is 6.08 Å². The summed E-state index contributed by atoms with van der Waals surface area (Å²) in [6.45, 7) is 4.35. The summed E-state index contributed by atoms with van der Waals surface area (Å²) in [5.41, 5.74) is 5.29. The molecule has 0 spiro atoms. The monoisotopic (exact) mass is 254 g/mol. The van der Waals surface area contributed by atoms with Crippen molar-refractivity contribution in [2.24, 2.45) is 0 Å². The third-order valence-electron chi connectivity index (χ3n) is 1.89. The van der Waals surface area contributed by atoms with Crippen LogP contribution in [0.3, 0.4) is 0 Å². The van der Waals surface area contributed by atoms with Crippen molar-refractivity contribution in [3.8, 4) is 0 Å². The van der Waals surface area contributed by atoms with Crippen LogP contribution in [0.15, 0.2) is 24.8 Å². The van der Waals surface area contributed by atoms with Crippen molar-refractivity contribution in [3.63, 3.8) is 0 Å². The molecule has 0 atom stereocenters. The molecule has 0 saturated heterocycles. The lowest BCUT2D eigenvalue weighted by atomic mass is 10.4. The van der Waals surface area contributed by atoms with Gasteiger partial charge in [0.25, 0.3) is 0 Å². The maximum Gasteiger partial charge on any atom is 0.311 e. The van der Waals surface area contributed by atoms with E-state index < -0.39 is 4.92 Å². The highest BCUT2D eigenvalue weighted by Gasteiger charge is 2.12. The van der Waals surface area contributed by atoms with Crippen molar-refractivity contribution in [2.45, 2.75) is 0 Å². The van der Waals surface area contributed by atoms with Crippen LogP contribution >= 0.6 is 11.8 Å². The maximum atomic E-state index is 10.5. The van der Waals surface area contributed by atoms with Crippen LogP contribution in [0.4, 0.5) is 17.3 Å². The predicted octanol–water partition coefficient (Wildman–Crippen LogP) is 1.90. The van der Waals surface area contributed by atoms with Gasteiger partial charge in [0.2, 0.25) is 5.82 Å². The number of nitrogens with two attached hydrogens (primary N) is 1. The molecule has 0 radical (unpaired) electrons. The van der Waals surface area contributed by atoms with Gasteiger partial charge in [0.05, 0.1) is 4.92 Å². The standard InChI is InChI=1S/C10H14N4O2S/c1-2-6-17-7-5-12-9-4-3-8(14(15)16)10(11)13-9/h2-4H,1,5-7H2,(H3,11,12,13). The lowest BCUT2D eigenvalue weighted by Crippen LogP contribution is -2.07. The number of pyridine rings is 1. The smallest absolute Gasteiger partial charge is 0.311 e. The number of aromatic nitrogens is 1. The Bertz CT molecular complexity index is 411. The molecule has 7 heteroatoms. The molecule has 0 amide bonds. The second kappa shape index (κ2) is 6.74. The van der Waals surface area contributed by atoms with Crippen LogP contribution in [0, 0.1) is 10.1 Å². The molecular formula is C10H14N4O2S. The molecule has 0 aliphatic heterocycles. The molecule has 1 rings (SSSR count). The zero-order valence-corrected chi connectivity index (χ0v) is 10.1. The van der Waals surface area contributed by atoms with E-state index in [1.807, 2.05) is 6.08 Å². The number of nitrogens with zero attached hydrogens (tertiary/aromatic N) is 2. The Morgan fingerprint density at radius 1 is 1.65 bits per heavy atom. The van der Waals surface area contributed by atoms with Gasteiger partial charge in [-0.3, -0.25) is 10.1 Å². The van der Waals surface area contributed by atoms with E-state index in [-0.39, 0.29) is 11.5 Å². The number of hydrogen-bond donors (Lipinski definition) is 2. The van der Waals surface area contributed by atoms with Crippen molar-refractivity contribution in [1.29, 1.82) is 0 Å². The average molecular weight is 254 g/mol. The van der Waals surface area contributed by atoms with Crippen LogP contribution in [0.1, 0.15) is 0 Å². The SMILES string of the molecule is C=CCSCCNc1ccc([N+](=O)[O-])c(N)n1. The first-order valence-corrected chi connectivity index (χ1v) is 6.14. The first kappa shape index (κ1) is 13.3. The van der Waals surface area contributed by atoms with Crippen molar-refractivity contribution in [1.82, 2.24) is 4.98 Å². The molecule has 3 N–H and O–H groups in total. The number of thioether (sulfide) groups is 1. The lowest BCUT2D eigenvalue weighted by molar-refractivity contribution is -0.384. The van der Waals surface area contributed by atoms with Gasteiger partial charge in [0, 0.05) is 24.1 Å². The third kappa shape index (κ3) is 4.31. The summed E-state index contributed by atoms with van der Waals surface area (Å²) in [6.07, 6.45) is 1.84. The van der Waals surface area contributed by atoms with Gasteiger partial charge in [0.1, 0.15) is 5.82 Å². The summed E-state index contributed by atoms with van der Waals surface area (Å²) < 4.78 is 0. The topological polar surface area (TPSA) is 94.1 Å². The highest BCUT2D eigenvalue weighted by Crippen LogP contribution is 2.20. The Morgan fingerprint density at radius 2 is 2.41 bits per heavy atom. The normalized spacial score (nSPS) is 9.88. The summed E-state index contributed by atoms with van der Waals surface area (Å²) in [5.74, 6) is 2.29. The number of nitrogens with one attached hydrogen (secondary N) is 1. The highest BCUT2D eigenvalue weighted by atomic mass is 32.2. The highest BCUT2D eigenvalue weighted by molar-refractivity contribution is 7.99. The largest absolute Gasteiger partial charge is 0.378 e. The lowest BCUT2D eigenvalue weighted by Gasteiger charge is -2.05. The summed E-state index contributed by atoms with van der Waals surface area (Å²) in [6, 6.07) is 2.90. The number of nitrogen functional groups attached to an aromatic ring is 1. The average Bonchev–Trinajstić information content (AvgIpc) is 2.28. The zero-order chi connectivity index (χ0) is 12.7. The van der Waals surface area contributed by atoms with E-state index in [4.69, 9.17) is 5.73 Å². The summed E-state index contributed by atoms with van der Waals surface area (Å²) in [7, 11) is 0. The zero-order valence-electron chi connectivity index (χ0n) is 9.26. The quantitative estimate of drug-likeness (QED) is 0.334. The molecular weight excluding hydrogens is 240 g/mol. The molecule has 0 aromatic carbocycles. The number of nitro groups is 1. The van der Waals surface area contributed by atoms with Gasteiger partial charge in [-0.05, 0) is 6.07 Å². The fraction of sp³-hybridized carbons (Fsp3) is 0.300. The van der Waals surface area contributed by atoms with E-state index in [2.05, 4.69) is 16.9 Å². The van der Waals surface area contributed by atoms with Crippen LogP contribution in [0.25, 0.3) is 0 Å². The first-order chi connectivity index (χ1) is 8.15. The van der Waals surface area contributed by atoms with Crippen LogP contribution in [0.5, 0.6) is 0 Å². The molecule has 0 unspecified atom stereocenters. The number of anilines is 2. The minimum atomic E-state index is -0.550.